The molecule has 0 saturated heterocycles. The van der Waals surface area contributed by atoms with Crippen LogP contribution in [0.5, 0.6) is 0 Å². The highest BCUT2D eigenvalue weighted by Crippen LogP contribution is 2.22. The third-order valence-corrected chi connectivity index (χ3v) is 4.51. The molecule has 3 nitrogen and oxygen atoms in total. The first kappa shape index (κ1) is 17.0. The van der Waals surface area contributed by atoms with Gasteiger partial charge >= 0.3 is 0 Å². The summed E-state index contributed by atoms with van der Waals surface area (Å²) in [6.45, 7) is 2.16. The fraction of sp³-hybridized carbons (Fsp3) is 0.412. The van der Waals surface area contributed by atoms with Crippen LogP contribution in [0.15, 0.2) is 30.5 Å². The zero-order valence-corrected chi connectivity index (χ0v) is 14.3. The predicted molar refractivity (Wildman–Crippen MR) is 93.8 cm³/mol. The van der Waals surface area contributed by atoms with Crippen LogP contribution < -0.4 is 5.32 Å². The van der Waals surface area contributed by atoms with Crippen molar-refractivity contribution >= 4 is 34.0 Å². The minimum Gasteiger partial charge on any atom is -0.302 e. The van der Waals surface area contributed by atoms with Gasteiger partial charge in [-0.05, 0) is 24.1 Å². The minimum absolute atomic E-state index is 0.0588. The van der Waals surface area contributed by atoms with Gasteiger partial charge in [0.2, 0.25) is 5.91 Å². The summed E-state index contributed by atoms with van der Waals surface area (Å²) in [5.41, 5.74) is 1.19. The van der Waals surface area contributed by atoms with E-state index in [9.17, 15) is 4.79 Å². The van der Waals surface area contributed by atoms with Crippen LogP contribution in [-0.2, 0) is 11.2 Å². The first-order valence-corrected chi connectivity index (χ1v) is 8.86. The quantitative estimate of drug-likeness (QED) is 0.665. The monoisotopic (exact) mass is 336 g/mol. The summed E-state index contributed by atoms with van der Waals surface area (Å²) in [5, 5.41) is 4.31. The smallest absolute Gasteiger partial charge is 0.226 e. The van der Waals surface area contributed by atoms with Crippen molar-refractivity contribution in [1.29, 1.82) is 0 Å². The number of nitrogens with zero attached hydrogens (tertiary/aromatic N) is 1. The van der Waals surface area contributed by atoms with Gasteiger partial charge in [-0.25, -0.2) is 4.98 Å². The highest BCUT2D eigenvalue weighted by Gasteiger charge is 2.07. The lowest BCUT2D eigenvalue weighted by molar-refractivity contribution is -0.116. The van der Waals surface area contributed by atoms with Crippen LogP contribution in [0.2, 0.25) is 5.02 Å². The van der Waals surface area contributed by atoms with E-state index in [1.54, 1.807) is 0 Å². The maximum Gasteiger partial charge on any atom is 0.226 e. The summed E-state index contributed by atoms with van der Waals surface area (Å²) in [4.78, 5) is 17.2. The molecule has 0 spiro atoms. The van der Waals surface area contributed by atoms with E-state index in [0.29, 0.717) is 11.6 Å². The average molecular weight is 337 g/mol. The van der Waals surface area contributed by atoms with Gasteiger partial charge in [-0.1, -0.05) is 49.9 Å². The van der Waals surface area contributed by atoms with Crippen LogP contribution in [0, 0.1) is 0 Å². The molecule has 0 aliphatic heterocycles. The van der Waals surface area contributed by atoms with Crippen molar-refractivity contribution in [3.8, 4) is 0 Å². The molecule has 1 N–H and O–H groups in total. The summed E-state index contributed by atoms with van der Waals surface area (Å²) >= 11 is 7.41. The van der Waals surface area contributed by atoms with E-state index in [1.807, 2.05) is 30.5 Å². The molecule has 0 radical (unpaired) electrons. The Kier molecular flexibility index (Phi) is 6.87. The standard InChI is InChI=1S/C17H21ClN2OS/c1-2-3-4-5-6-16(21)20-17-19-12-15(22-17)11-13-7-9-14(18)10-8-13/h7-10,12H,2-6,11H2,1H3,(H,19,20,21). The van der Waals surface area contributed by atoms with Gasteiger partial charge in [0, 0.05) is 28.9 Å². The number of amides is 1. The molecule has 0 saturated carbocycles. The lowest BCUT2D eigenvalue weighted by atomic mass is 10.1. The van der Waals surface area contributed by atoms with Crippen LogP contribution in [0.25, 0.3) is 0 Å². The number of thiazole rings is 1. The second-order valence-electron chi connectivity index (χ2n) is 5.29. The largest absolute Gasteiger partial charge is 0.302 e. The Morgan fingerprint density at radius 3 is 2.73 bits per heavy atom. The average Bonchev–Trinajstić information content (AvgIpc) is 2.93. The lowest BCUT2D eigenvalue weighted by Crippen LogP contribution is -2.10. The number of carbonyl (C=O) groups excluding carboxylic acids is 1. The number of rotatable bonds is 8. The second-order valence-corrected chi connectivity index (χ2v) is 6.85. The molecular formula is C17H21ClN2OS. The molecule has 1 aromatic carbocycles. The number of hydrogen-bond donors (Lipinski definition) is 1. The SMILES string of the molecule is CCCCCCC(=O)Nc1ncc(Cc2ccc(Cl)cc2)s1. The number of hydrogen-bond acceptors (Lipinski definition) is 3. The molecule has 1 heterocycles. The van der Waals surface area contributed by atoms with Gasteiger partial charge in [-0.2, -0.15) is 0 Å². The van der Waals surface area contributed by atoms with Crippen molar-refractivity contribution in [1.82, 2.24) is 4.98 Å². The first-order valence-electron chi connectivity index (χ1n) is 7.66. The number of benzene rings is 1. The van der Waals surface area contributed by atoms with E-state index >= 15 is 0 Å². The maximum absolute atomic E-state index is 11.8. The molecule has 0 aliphatic carbocycles. The van der Waals surface area contributed by atoms with Crippen molar-refractivity contribution < 1.29 is 4.79 Å². The molecule has 2 aromatic rings. The summed E-state index contributed by atoms with van der Waals surface area (Å²) < 4.78 is 0. The van der Waals surface area contributed by atoms with Crippen LogP contribution in [-0.4, -0.2) is 10.9 Å². The molecule has 0 atom stereocenters. The Balaban J connectivity index is 1.80. The Bertz CT molecular complexity index is 595. The number of carbonyl (C=O) groups is 1. The van der Waals surface area contributed by atoms with Gasteiger partial charge in [0.05, 0.1) is 0 Å². The van der Waals surface area contributed by atoms with Crippen molar-refractivity contribution in [2.75, 3.05) is 5.32 Å². The van der Waals surface area contributed by atoms with Crippen LogP contribution in [0.3, 0.4) is 0 Å². The van der Waals surface area contributed by atoms with Crippen LogP contribution >= 0.6 is 22.9 Å². The van der Waals surface area contributed by atoms with E-state index in [1.165, 1.54) is 29.7 Å². The van der Waals surface area contributed by atoms with Crippen molar-refractivity contribution in [3.63, 3.8) is 0 Å². The third kappa shape index (κ3) is 5.78. The first-order chi connectivity index (χ1) is 10.7. The van der Waals surface area contributed by atoms with E-state index < -0.39 is 0 Å². The molecule has 0 unspecified atom stereocenters. The highest BCUT2D eigenvalue weighted by atomic mass is 35.5. The summed E-state index contributed by atoms with van der Waals surface area (Å²) in [6, 6.07) is 7.79. The number of halogens is 1. The van der Waals surface area contributed by atoms with Gasteiger partial charge in [0.1, 0.15) is 0 Å². The topological polar surface area (TPSA) is 42.0 Å². The molecule has 0 bridgehead atoms. The van der Waals surface area contributed by atoms with Crippen molar-refractivity contribution in [2.45, 2.75) is 45.4 Å². The molecule has 2 rings (SSSR count). The Labute approximate surface area is 140 Å². The van der Waals surface area contributed by atoms with E-state index in [2.05, 4.69) is 17.2 Å². The fourth-order valence-electron chi connectivity index (χ4n) is 2.14. The fourth-order valence-corrected chi connectivity index (χ4v) is 3.13. The molecule has 118 valence electrons. The normalized spacial score (nSPS) is 10.6. The zero-order valence-electron chi connectivity index (χ0n) is 12.8. The van der Waals surface area contributed by atoms with Crippen molar-refractivity contribution in [3.05, 3.63) is 45.9 Å². The lowest BCUT2D eigenvalue weighted by Gasteiger charge is -2.01. The summed E-state index contributed by atoms with van der Waals surface area (Å²) in [7, 11) is 0. The summed E-state index contributed by atoms with van der Waals surface area (Å²) in [5.74, 6) is 0.0588. The van der Waals surface area contributed by atoms with Crippen LogP contribution in [0.4, 0.5) is 5.13 Å². The second kappa shape index (κ2) is 8.91. The third-order valence-electron chi connectivity index (χ3n) is 3.35. The van der Waals surface area contributed by atoms with Gasteiger partial charge in [0.15, 0.2) is 5.13 Å². The molecule has 1 aromatic heterocycles. The molecular weight excluding hydrogens is 316 g/mol. The predicted octanol–water partition coefficient (Wildman–Crippen LogP) is 5.30. The molecule has 22 heavy (non-hydrogen) atoms. The number of anilines is 1. The molecule has 0 fully saturated rings. The van der Waals surface area contributed by atoms with Gasteiger partial charge < -0.3 is 5.32 Å². The van der Waals surface area contributed by atoms with E-state index in [-0.39, 0.29) is 5.91 Å². The van der Waals surface area contributed by atoms with E-state index in [0.717, 1.165) is 29.2 Å². The number of nitrogens with one attached hydrogen (secondary N) is 1. The Hall–Kier alpha value is -1.39. The van der Waals surface area contributed by atoms with Gasteiger partial charge in [-0.3, -0.25) is 4.79 Å². The summed E-state index contributed by atoms with van der Waals surface area (Å²) in [6.07, 6.45) is 7.64. The van der Waals surface area contributed by atoms with Gasteiger partial charge in [-0.15, -0.1) is 11.3 Å². The highest BCUT2D eigenvalue weighted by molar-refractivity contribution is 7.15. The Morgan fingerprint density at radius 1 is 1.23 bits per heavy atom. The molecule has 1 amide bonds. The van der Waals surface area contributed by atoms with Gasteiger partial charge in [0.25, 0.3) is 0 Å². The van der Waals surface area contributed by atoms with Crippen molar-refractivity contribution in [2.24, 2.45) is 0 Å². The Morgan fingerprint density at radius 2 is 2.00 bits per heavy atom. The zero-order chi connectivity index (χ0) is 15.8. The minimum atomic E-state index is 0.0588. The van der Waals surface area contributed by atoms with E-state index in [4.69, 9.17) is 11.6 Å². The maximum atomic E-state index is 11.8. The molecule has 0 aliphatic rings. The number of unbranched alkanes of at least 4 members (excludes halogenated alkanes) is 3. The van der Waals surface area contributed by atoms with Crippen LogP contribution in [0.1, 0.15) is 49.5 Å². The number of aromatic nitrogens is 1. The molecule has 5 heteroatoms.